The van der Waals surface area contributed by atoms with Crippen LogP contribution < -0.4 is 0 Å². The van der Waals surface area contributed by atoms with Crippen LogP contribution in [0.5, 0.6) is 0 Å². The van der Waals surface area contributed by atoms with Crippen LogP contribution in [-0.2, 0) is 16.6 Å². The highest BCUT2D eigenvalue weighted by Gasteiger charge is 2.29. The average molecular weight is 326 g/mol. The van der Waals surface area contributed by atoms with E-state index in [1.807, 2.05) is 31.2 Å². The van der Waals surface area contributed by atoms with Crippen molar-refractivity contribution in [3.05, 3.63) is 46.6 Å². The molecule has 21 heavy (non-hydrogen) atoms. The second-order valence-electron chi connectivity index (χ2n) is 4.48. The molecular formula is C13H14N2O4S2. The van der Waals surface area contributed by atoms with Crippen LogP contribution in [0.1, 0.15) is 21.6 Å². The molecule has 0 aliphatic heterocycles. The van der Waals surface area contributed by atoms with Crippen molar-refractivity contribution in [1.82, 2.24) is 9.29 Å². The van der Waals surface area contributed by atoms with Gasteiger partial charge in [-0.3, -0.25) is 0 Å². The third-order valence-electron chi connectivity index (χ3n) is 3.04. The molecule has 2 rings (SSSR count). The number of carboxylic acids is 1. The van der Waals surface area contributed by atoms with Gasteiger partial charge in [-0.05, 0) is 18.1 Å². The van der Waals surface area contributed by atoms with E-state index in [2.05, 4.69) is 4.98 Å². The number of carboxylic acid groups (broad SMARTS) is 1. The van der Waals surface area contributed by atoms with Crippen LogP contribution in [0.15, 0.2) is 34.0 Å². The second-order valence-corrected chi connectivity index (χ2v) is 7.58. The number of nitrogens with zero attached hydrogens (tertiary/aromatic N) is 2. The fourth-order valence-electron chi connectivity index (χ4n) is 1.81. The van der Waals surface area contributed by atoms with E-state index in [0.717, 1.165) is 26.8 Å². The largest absolute Gasteiger partial charge is 0.476 e. The number of sulfonamides is 1. The third-order valence-corrected chi connectivity index (χ3v) is 6.19. The summed E-state index contributed by atoms with van der Waals surface area (Å²) in [7, 11) is -2.45. The van der Waals surface area contributed by atoms with Gasteiger partial charge in [0, 0.05) is 13.6 Å². The van der Waals surface area contributed by atoms with Crippen LogP contribution in [0.25, 0.3) is 0 Å². The minimum absolute atomic E-state index is 0.173. The van der Waals surface area contributed by atoms with Crippen molar-refractivity contribution in [3.8, 4) is 0 Å². The minimum atomic E-state index is -3.88. The molecule has 1 heterocycles. The Kier molecular flexibility index (Phi) is 4.40. The number of aryl methyl sites for hydroxylation is 1. The molecule has 0 amide bonds. The summed E-state index contributed by atoms with van der Waals surface area (Å²) in [4.78, 5) is 14.6. The van der Waals surface area contributed by atoms with Gasteiger partial charge in [-0.25, -0.2) is 18.2 Å². The average Bonchev–Trinajstić information content (AvgIpc) is 2.91. The quantitative estimate of drug-likeness (QED) is 0.907. The van der Waals surface area contributed by atoms with Crippen molar-refractivity contribution < 1.29 is 18.3 Å². The second kappa shape index (κ2) is 5.92. The van der Waals surface area contributed by atoms with Crippen LogP contribution in [-0.4, -0.2) is 35.8 Å². The van der Waals surface area contributed by atoms with E-state index >= 15 is 0 Å². The molecule has 0 bridgehead atoms. The van der Waals surface area contributed by atoms with Crippen LogP contribution in [0.3, 0.4) is 0 Å². The lowest BCUT2D eigenvalue weighted by molar-refractivity contribution is 0.0687. The molecule has 1 N–H and O–H groups in total. The summed E-state index contributed by atoms with van der Waals surface area (Å²) in [6, 6.07) is 7.44. The van der Waals surface area contributed by atoms with Crippen molar-refractivity contribution >= 4 is 27.3 Å². The molecule has 0 saturated carbocycles. The highest BCUT2D eigenvalue weighted by atomic mass is 32.2. The van der Waals surface area contributed by atoms with Gasteiger partial charge in [0.15, 0.2) is 9.90 Å². The van der Waals surface area contributed by atoms with Crippen molar-refractivity contribution in [2.75, 3.05) is 7.05 Å². The first-order chi connectivity index (χ1) is 9.84. The van der Waals surface area contributed by atoms with E-state index in [4.69, 9.17) is 5.11 Å². The molecule has 0 radical (unpaired) electrons. The molecule has 1 aromatic heterocycles. The lowest BCUT2D eigenvalue weighted by Gasteiger charge is -2.17. The Bertz CT molecular complexity index is 768. The van der Waals surface area contributed by atoms with Crippen LogP contribution in [0.4, 0.5) is 0 Å². The number of hydrogen-bond acceptors (Lipinski definition) is 5. The summed E-state index contributed by atoms with van der Waals surface area (Å²) in [6.45, 7) is 2.07. The first-order valence-electron chi connectivity index (χ1n) is 6.01. The highest BCUT2D eigenvalue weighted by molar-refractivity contribution is 7.91. The molecule has 1 aromatic carbocycles. The molecule has 6 nitrogen and oxygen atoms in total. The first-order valence-corrected chi connectivity index (χ1v) is 8.33. The van der Waals surface area contributed by atoms with Gasteiger partial charge < -0.3 is 5.11 Å². The topological polar surface area (TPSA) is 87.6 Å². The van der Waals surface area contributed by atoms with Gasteiger partial charge in [-0.2, -0.15) is 4.31 Å². The van der Waals surface area contributed by atoms with E-state index in [9.17, 15) is 13.2 Å². The van der Waals surface area contributed by atoms with Gasteiger partial charge in [0.2, 0.25) is 0 Å². The third kappa shape index (κ3) is 3.12. The molecule has 112 valence electrons. The Morgan fingerprint density at radius 3 is 2.67 bits per heavy atom. The SMILES string of the molecule is Cc1ccccc1CN(C)S(=O)(=O)c1scnc1C(=O)O. The predicted molar refractivity (Wildman–Crippen MR) is 78.9 cm³/mol. The maximum absolute atomic E-state index is 12.5. The standard InChI is InChI=1S/C13H14N2O4S2/c1-9-5-3-4-6-10(9)7-15(2)21(18,19)13-11(12(16)17)14-8-20-13/h3-6,8H,7H2,1-2H3,(H,16,17). The zero-order valence-electron chi connectivity index (χ0n) is 11.5. The smallest absolute Gasteiger partial charge is 0.356 e. The summed E-state index contributed by atoms with van der Waals surface area (Å²) in [5.74, 6) is -1.35. The molecule has 0 atom stereocenters. The monoisotopic (exact) mass is 326 g/mol. The van der Waals surface area contributed by atoms with Gasteiger partial charge >= 0.3 is 5.97 Å². The van der Waals surface area contributed by atoms with E-state index < -0.39 is 21.7 Å². The van der Waals surface area contributed by atoms with E-state index in [0.29, 0.717) is 0 Å². The van der Waals surface area contributed by atoms with Gasteiger partial charge in [-0.1, -0.05) is 24.3 Å². The maximum Gasteiger partial charge on any atom is 0.356 e. The fraction of sp³-hybridized carbons (Fsp3) is 0.231. The van der Waals surface area contributed by atoms with Crippen molar-refractivity contribution in [3.63, 3.8) is 0 Å². The minimum Gasteiger partial charge on any atom is -0.476 e. The molecule has 0 saturated heterocycles. The maximum atomic E-state index is 12.5. The zero-order chi connectivity index (χ0) is 15.6. The van der Waals surface area contributed by atoms with Crippen molar-refractivity contribution in [2.45, 2.75) is 17.7 Å². The Labute approximate surface area is 126 Å². The molecule has 0 fully saturated rings. The molecule has 0 aliphatic rings. The first kappa shape index (κ1) is 15.6. The predicted octanol–water partition coefficient (Wildman–Crippen LogP) is 1.97. The number of carbonyl (C=O) groups is 1. The summed E-state index contributed by atoms with van der Waals surface area (Å²) in [6.07, 6.45) is 0. The molecular weight excluding hydrogens is 312 g/mol. The Balaban J connectivity index is 2.33. The molecule has 8 heteroatoms. The Morgan fingerprint density at radius 2 is 2.05 bits per heavy atom. The molecule has 0 unspecified atom stereocenters. The lowest BCUT2D eigenvalue weighted by atomic mass is 10.1. The number of aromatic carboxylic acids is 1. The number of benzene rings is 1. The number of thiazole rings is 1. The van der Waals surface area contributed by atoms with Crippen LogP contribution in [0.2, 0.25) is 0 Å². The number of aromatic nitrogens is 1. The summed E-state index contributed by atoms with van der Waals surface area (Å²) < 4.78 is 25.8. The lowest BCUT2D eigenvalue weighted by Crippen LogP contribution is -2.27. The van der Waals surface area contributed by atoms with Gasteiger partial charge in [-0.15, -0.1) is 11.3 Å². The number of hydrogen-bond donors (Lipinski definition) is 1. The summed E-state index contributed by atoms with van der Waals surface area (Å²) in [5.41, 5.74) is 2.63. The number of rotatable bonds is 5. The van der Waals surface area contributed by atoms with E-state index in [1.54, 1.807) is 0 Å². The summed E-state index contributed by atoms with van der Waals surface area (Å²) >= 11 is 0.806. The van der Waals surface area contributed by atoms with Crippen LogP contribution in [0, 0.1) is 6.92 Å². The van der Waals surface area contributed by atoms with E-state index in [1.165, 1.54) is 12.6 Å². The molecule has 0 aliphatic carbocycles. The molecule has 2 aromatic rings. The molecule has 0 spiro atoms. The highest BCUT2D eigenvalue weighted by Crippen LogP contribution is 2.25. The van der Waals surface area contributed by atoms with Crippen molar-refractivity contribution in [1.29, 1.82) is 0 Å². The zero-order valence-corrected chi connectivity index (χ0v) is 13.1. The fourth-order valence-corrected chi connectivity index (χ4v) is 4.29. The van der Waals surface area contributed by atoms with Crippen LogP contribution >= 0.6 is 11.3 Å². The van der Waals surface area contributed by atoms with Gasteiger partial charge in [0.05, 0.1) is 5.51 Å². The van der Waals surface area contributed by atoms with Gasteiger partial charge in [0.25, 0.3) is 10.0 Å². The normalized spacial score (nSPS) is 11.8. The van der Waals surface area contributed by atoms with Crippen molar-refractivity contribution in [2.24, 2.45) is 0 Å². The summed E-state index contributed by atoms with van der Waals surface area (Å²) in [5, 5.41) is 8.99. The Morgan fingerprint density at radius 1 is 1.38 bits per heavy atom. The van der Waals surface area contributed by atoms with E-state index in [-0.39, 0.29) is 10.8 Å². The van der Waals surface area contributed by atoms with Gasteiger partial charge in [0.1, 0.15) is 0 Å². The Hall–Kier alpha value is -1.77.